The van der Waals surface area contributed by atoms with Crippen LogP contribution in [0.2, 0.25) is 0 Å². The number of hydrogen-bond acceptors (Lipinski definition) is 6. The van der Waals surface area contributed by atoms with Crippen LogP contribution in [0.5, 0.6) is 0 Å². The molecular weight excluding hydrogens is 733 g/mol. The molecule has 1 unspecified atom stereocenters. The fraction of sp³-hybridized carbons (Fsp3) is 0.755. The predicted molar refractivity (Wildman–Crippen MR) is 251 cm³/mol. The molecule has 6 heteroatoms. The Bertz CT molecular complexity index is 1090. The molecule has 0 saturated heterocycles. The topological polar surface area (TPSA) is 78.9 Å². The highest BCUT2D eigenvalue weighted by atomic mass is 16.6. The van der Waals surface area contributed by atoms with Crippen LogP contribution >= 0.6 is 0 Å². The molecule has 340 valence electrons. The molecule has 6 nitrogen and oxygen atoms in total. The minimum atomic E-state index is -0.792. The molecule has 0 aromatic carbocycles. The van der Waals surface area contributed by atoms with E-state index in [9.17, 15) is 14.4 Å². The van der Waals surface area contributed by atoms with E-state index in [0.29, 0.717) is 25.7 Å². The van der Waals surface area contributed by atoms with Crippen LogP contribution in [0.4, 0.5) is 0 Å². The minimum Gasteiger partial charge on any atom is -0.462 e. The van der Waals surface area contributed by atoms with Gasteiger partial charge in [-0.1, -0.05) is 184 Å². The van der Waals surface area contributed by atoms with Gasteiger partial charge < -0.3 is 14.2 Å². The first kappa shape index (κ1) is 56.1. The first-order chi connectivity index (χ1) is 29.0. The van der Waals surface area contributed by atoms with Gasteiger partial charge in [-0.15, -0.1) is 0 Å². The lowest BCUT2D eigenvalue weighted by Gasteiger charge is -2.18. The van der Waals surface area contributed by atoms with Gasteiger partial charge in [0, 0.05) is 19.3 Å². The van der Waals surface area contributed by atoms with E-state index in [0.717, 1.165) is 89.9 Å². The molecule has 0 aromatic heterocycles. The van der Waals surface area contributed by atoms with E-state index >= 15 is 0 Å². The maximum absolute atomic E-state index is 12.8. The molecule has 0 heterocycles. The van der Waals surface area contributed by atoms with Crippen molar-refractivity contribution in [2.24, 2.45) is 0 Å². The Hall–Kier alpha value is -2.89. The summed E-state index contributed by atoms with van der Waals surface area (Å²) in [6, 6.07) is 0. The average Bonchev–Trinajstić information content (AvgIpc) is 3.23. The summed E-state index contributed by atoms with van der Waals surface area (Å²) in [7, 11) is 0. The first-order valence-corrected chi connectivity index (χ1v) is 24.8. The SMILES string of the molecule is CC/C=C\C/C=C\C/C=C\CCCCCCCCC(=O)OCC(COC(=O)CCC/C=C\CCCCCC)OC(=O)CCCCCCC/C=C\CCCCCCCCC. The zero-order chi connectivity index (χ0) is 43.0. The van der Waals surface area contributed by atoms with E-state index < -0.39 is 6.10 Å². The van der Waals surface area contributed by atoms with Crippen molar-refractivity contribution in [1.29, 1.82) is 0 Å². The molecular formula is C53H92O6. The van der Waals surface area contributed by atoms with E-state index in [1.807, 2.05) is 0 Å². The van der Waals surface area contributed by atoms with Crippen LogP contribution in [0, 0.1) is 0 Å². The molecule has 0 amide bonds. The van der Waals surface area contributed by atoms with Crippen LogP contribution in [-0.4, -0.2) is 37.2 Å². The summed E-state index contributed by atoms with van der Waals surface area (Å²) < 4.78 is 16.7. The Balaban J connectivity index is 4.38. The monoisotopic (exact) mass is 825 g/mol. The quantitative estimate of drug-likeness (QED) is 0.0263. The molecule has 0 rings (SSSR count). The van der Waals surface area contributed by atoms with Gasteiger partial charge >= 0.3 is 17.9 Å². The molecule has 0 aliphatic carbocycles. The van der Waals surface area contributed by atoms with E-state index in [4.69, 9.17) is 14.2 Å². The Kier molecular flexibility index (Phi) is 45.4. The number of esters is 3. The van der Waals surface area contributed by atoms with Crippen molar-refractivity contribution in [2.75, 3.05) is 13.2 Å². The van der Waals surface area contributed by atoms with Crippen LogP contribution in [0.25, 0.3) is 0 Å². The highest BCUT2D eigenvalue weighted by Gasteiger charge is 2.19. The Morgan fingerprint density at radius 2 is 0.678 bits per heavy atom. The second kappa shape index (κ2) is 47.8. The van der Waals surface area contributed by atoms with Crippen molar-refractivity contribution in [1.82, 2.24) is 0 Å². The Morgan fingerprint density at radius 1 is 0.356 bits per heavy atom. The molecule has 0 N–H and O–H groups in total. The van der Waals surface area contributed by atoms with Gasteiger partial charge in [0.15, 0.2) is 6.10 Å². The van der Waals surface area contributed by atoms with E-state index in [1.54, 1.807) is 0 Å². The molecule has 0 fully saturated rings. The summed E-state index contributed by atoms with van der Waals surface area (Å²) in [6.45, 7) is 6.44. The molecule has 0 radical (unpaired) electrons. The summed E-state index contributed by atoms with van der Waals surface area (Å²) in [6.07, 6.45) is 57.8. The van der Waals surface area contributed by atoms with Crippen molar-refractivity contribution < 1.29 is 28.6 Å². The van der Waals surface area contributed by atoms with Gasteiger partial charge in [-0.3, -0.25) is 14.4 Å². The van der Waals surface area contributed by atoms with Crippen molar-refractivity contribution in [3.05, 3.63) is 60.8 Å². The standard InChI is InChI=1S/C53H92O6/c1-4-7-10-13-16-19-21-23-25-27-29-31-34-37-40-43-46-52(55)58-49-50(48-57-51(54)45-42-39-36-33-18-15-12-9-6-3)59-53(56)47-44-41-38-35-32-30-28-26-24-22-20-17-14-11-8-5-2/h7,10,16,19,23,25-26,28,33,36,50H,4-6,8-9,11-15,17-18,20-22,24,27,29-32,34-35,37-49H2,1-3H3/b10-7-,19-16-,25-23-,28-26-,36-33-. The fourth-order valence-corrected chi connectivity index (χ4v) is 6.75. The van der Waals surface area contributed by atoms with Crippen LogP contribution in [-0.2, 0) is 28.6 Å². The van der Waals surface area contributed by atoms with Crippen LogP contribution in [0.15, 0.2) is 60.8 Å². The van der Waals surface area contributed by atoms with Gasteiger partial charge in [-0.05, 0) is 96.3 Å². The summed E-state index contributed by atoms with van der Waals surface area (Å²) in [5.41, 5.74) is 0. The van der Waals surface area contributed by atoms with E-state index in [-0.39, 0.29) is 31.1 Å². The first-order valence-electron chi connectivity index (χ1n) is 24.8. The number of carbonyl (C=O) groups is 3. The molecule has 59 heavy (non-hydrogen) atoms. The largest absolute Gasteiger partial charge is 0.462 e. The van der Waals surface area contributed by atoms with Crippen molar-refractivity contribution >= 4 is 17.9 Å². The normalized spacial score (nSPS) is 12.5. The zero-order valence-electron chi connectivity index (χ0n) is 38.8. The van der Waals surface area contributed by atoms with Gasteiger partial charge in [0.05, 0.1) is 0 Å². The fourth-order valence-electron chi connectivity index (χ4n) is 6.75. The number of hydrogen-bond donors (Lipinski definition) is 0. The number of rotatable bonds is 44. The Labute approximate surface area is 364 Å². The molecule has 1 atom stereocenters. The molecule has 0 spiro atoms. The molecule has 0 aromatic rings. The molecule has 0 saturated carbocycles. The van der Waals surface area contributed by atoms with Gasteiger partial charge in [0.2, 0.25) is 0 Å². The van der Waals surface area contributed by atoms with Crippen molar-refractivity contribution in [2.45, 2.75) is 245 Å². The lowest BCUT2D eigenvalue weighted by molar-refractivity contribution is -0.167. The highest BCUT2D eigenvalue weighted by Crippen LogP contribution is 2.13. The van der Waals surface area contributed by atoms with Gasteiger partial charge in [-0.25, -0.2) is 0 Å². The number of carbonyl (C=O) groups excluding carboxylic acids is 3. The summed E-state index contributed by atoms with van der Waals surface area (Å²) in [5.74, 6) is -0.949. The number of unbranched alkanes of at least 4 members (excludes halogenated alkanes) is 23. The van der Waals surface area contributed by atoms with Gasteiger partial charge in [0.25, 0.3) is 0 Å². The van der Waals surface area contributed by atoms with Crippen molar-refractivity contribution in [3.63, 3.8) is 0 Å². The molecule has 0 aliphatic heterocycles. The summed E-state index contributed by atoms with van der Waals surface area (Å²) in [5, 5.41) is 0. The van der Waals surface area contributed by atoms with Crippen molar-refractivity contribution in [3.8, 4) is 0 Å². The summed E-state index contributed by atoms with van der Waals surface area (Å²) in [4.78, 5) is 37.8. The third kappa shape index (κ3) is 46.0. The maximum Gasteiger partial charge on any atom is 0.306 e. The second-order valence-electron chi connectivity index (χ2n) is 16.3. The highest BCUT2D eigenvalue weighted by molar-refractivity contribution is 5.71. The lowest BCUT2D eigenvalue weighted by Crippen LogP contribution is -2.30. The number of ether oxygens (including phenoxy) is 3. The van der Waals surface area contributed by atoms with E-state index in [2.05, 4.69) is 81.5 Å². The van der Waals surface area contributed by atoms with Gasteiger partial charge in [-0.2, -0.15) is 0 Å². The van der Waals surface area contributed by atoms with E-state index in [1.165, 1.54) is 103 Å². The molecule has 0 bridgehead atoms. The lowest BCUT2D eigenvalue weighted by atomic mass is 10.1. The van der Waals surface area contributed by atoms with Gasteiger partial charge in [0.1, 0.15) is 13.2 Å². The summed E-state index contributed by atoms with van der Waals surface area (Å²) >= 11 is 0. The minimum absolute atomic E-state index is 0.0929. The second-order valence-corrected chi connectivity index (χ2v) is 16.3. The smallest absolute Gasteiger partial charge is 0.306 e. The third-order valence-electron chi connectivity index (χ3n) is 10.5. The van der Waals surface area contributed by atoms with Crippen LogP contribution in [0.1, 0.15) is 239 Å². The Morgan fingerprint density at radius 3 is 1.14 bits per heavy atom. The number of allylic oxidation sites excluding steroid dienone is 10. The van der Waals surface area contributed by atoms with Crippen LogP contribution in [0.3, 0.4) is 0 Å². The predicted octanol–water partition coefficient (Wildman–Crippen LogP) is 16.1. The third-order valence-corrected chi connectivity index (χ3v) is 10.5. The van der Waals surface area contributed by atoms with Crippen LogP contribution < -0.4 is 0 Å². The average molecular weight is 825 g/mol. The maximum atomic E-state index is 12.8. The zero-order valence-corrected chi connectivity index (χ0v) is 38.8. The molecule has 0 aliphatic rings.